The molecule has 0 saturated carbocycles. The predicted molar refractivity (Wildman–Crippen MR) is 81.0 cm³/mol. The second-order valence-corrected chi connectivity index (χ2v) is 5.81. The van der Waals surface area contributed by atoms with Crippen LogP contribution in [-0.4, -0.2) is 46.3 Å². The molecule has 108 valence electrons. The van der Waals surface area contributed by atoms with Crippen molar-refractivity contribution in [2.45, 2.75) is 19.8 Å². The van der Waals surface area contributed by atoms with Crippen LogP contribution in [0.1, 0.15) is 19.8 Å². The number of hydrogen-bond donors (Lipinski definition) is 2. The summed E-state index contributed by atoms with van der Waals surface area (Å²) >= 11 is 1.57. The van der Waals surface area contributed by atoms with Gasteiger partial charge in [-0.3, -0.25) is 5.10 Å². The third kappa shape index (κ3) is 2.99. The summed E-state index contributed by atoms with van der Waals surface area (Å²) in [5.41, 5.74) is 2.68. The van der Waals surface area contributed by atoms with Crippen molar-refractivity contribution in [1.82, 2.24) is 25.5 Å². The average Bonchev–Trinajstić information content (AvgIpc) is 3.16. The fourth-order valence-corrected chi connectivity index (χ4v) is 3.06. The standard InChI is InChI=1S/C13H20N6S/c1-2-14-7-10-3-5-19(6-4-10)13-16-12(17-18-13)11-8-20-9-15-11/h8-10,14H,2-7H2,1H3,(H,16,17,18). The highest BCUT2D eigenvalue weighted by atomic mass is 32.1. The van der Waals surface area contributed by atoms with E-state index in [1.807, 2.05) is 10.9 Å². The molecule has 0 unspecified atom stereocenters. The van der Waals surface area contributed by atoms with Gasteiger partial charge in [0.2, 0.25) is 5.95 Å². The van der Waals surface area contributed by atoms with E-state index in [1.165, 1.54) is 12.8 Å². The molecule has 2 aromatic heterocycles. The normalized spacial score (nSPS) is 16.8. The maximum absolute atomic E-state index is 4.55. The third-order valence-electron chi connectivity index (χ3n) is 3.73. The van der Waals surface area contributed by atoms with Gasteiger partial charge in [-0.15, -0.1) is 16.4 Å². The van der Waals surface area contributed by atoms with Gasteiger partial charge in [-0.25, -0.2) is 4.98 Å². The molecule has 6 nitrogen and oxygen atoms in total. The highest BCUT2D eigenvalue weighted by Crippen LogP contribution is 2.22. The zero-order valence-corrected chi connectivity index (χ0v) is 12.5. The maximum atomic E-state index is 4.55. The van der Waals surface area contributed by atoms with Crippen LogP contribution < -0.4 is 10.2 Å². The van der Waals surface area contributed by atoms with Crippen molar-refractivity contribution < 1.29 is 0 Å². The predicted octanol–water partition coefficient (Wildman–Crippen LogP) is 1.75. The highest BCUT2D eigenvalue weighted by molar-refractivity contribution is 7.07. The van der Waals surface area contributed by atoms with E-state index in [9.17, 15) is 0 Å². The molecule has 0 radical (unpaired) electrons. The summed E-state index contributed by atoms with van der Waals surface area (Å²) in [5, 5.41) is 12.7. The lowest BCUT2D eigenvalue weighted by molar-refractivity contribution is 0.384. The number of aromatic nitrogens is 4. The van der Waals surface area contributed by atoms with Crippen LogP contribution in [0.3, 0.4) is 0 Å². The number of thiazole rings is 1. The van der Waals surface area contributed by atoms with Gasteiger partial charge in [0.15, 0.2) is 5.82 Å². The van der Waals surface area contributed by atoms with Gasteiger partial charge in [-0.1, -0.05) is 6.92 Å². The number of hydrogen-bond acceptors (Lipinski definition) is 6. The molecular weight excluding hydrogens is 272 g/mol. The first-order valence-corrected chi connectivity index (χ1v) is 8.07. The second kappa shape index (κ2) is 6.32. The van der Waals surface area contributed by atoms with Crippen molar-refractivity contribution >= 4 is 17.3 Å². The Morgan fingerprint density at radius 2 is 2.30 bits per heavy atom. The molecule has 7 heteroatoms. The van der Waals surface area contributed by atoms with Gasteiger partial charge in [0.25, 0.3) is 0 Å². The van der Waals surface area contributed by atoms with E-state index >= 15 is 0 Å². The van der Waals surface area contributed by atoms with E-state index in [2.05, 4.69) is 37.3 Å². The third-order valence-corrected chi connectivity index (χ3v) is 4.32. The smallest absolute Gasteiger partial charge is 0.245 e. The molecule has 0 spiro atoms. The number of anilines is 1. The molecule has 3 heterocycles. The van der Waals surface area contributed by atoms with E-state index < -0.39 is 0 Å². The number of nitrogens with one attached hydrogen (secondary N) is 2. The summed E-state index contributed by atoms with van der Waals surface area (Å²) in [7, 11) is 0. The molecular formula is C13H20N6S. The Balaban J connectivity index is 1.58. The van der Waals surface area contributed by atoms with E-state index in [-0.39, 0.29) is 0 Å². The quantitative estimate of drug-likeness (QED) is 0.878. The lowest BCUT2D eigenvalue weighted by Crippen LogP contribution is -2.37. The van der Waals surface area contributed by atoms with E-state index in [1.54, 1.807) is 11.3 Å². The van der Waals surface area contributed by atoms with Gasteiger partial charge in [0.05, 0.1) is 5.51 Å². The summed E-state index contributed by atoms with van der Waals surface area (Å²) in [4.78, 5) is 11.1. The summed E-state index contributed by atoms with van der Waals surface area (Å²) in [6, 6.07) is 0. The zero-order valence-electron chi connectivity index (χ0n) is 11.7. The Kier molecular flexibility index (Phi) is 4.27. The molecule has 20 heavy (non-hydrogen) atoms. The van der Waals surface area contributed by atoms with Gasteiger partial charge in [0, 0.05) is 18.5 Å². The van der Waals surface area contributed by atoms with Crippen LogP contribution in [0, 0.1) is 5.92 Å². The lowest BCUT2D eigenvalue weighted by Gasteiger charge is -2.31. The van der Waals surface area contributed by atoms with Gasteiger partial charge < -0.3 is 10.2 Å². The Morgan fingerprint density at radius 3 is 3.00 bits per heavy atom. The van der Waals surface area contributed by atoms with Crippen LogP contribution in [0.2, 0.25) is 0 Å². The van der Waals surface area contributed by atoms with Gasteiger partial charge in [-0.05, 0) is 31.8 Å². The molecule has 0 aromatic carbocycles. The van der Waals surface area contributed by atoms with Crippen molar-refractivity contribution in [2.75, 3.05) is 31.1 Å². The zero-order chi connectivity index (χ0) is 13.8. The van der Waals surface area contributed by atoms with Crippen LogP contribution in [0.4, 0.5) is 5.95 Å². The first-order valence-electron chi connectivity index (χ1n) is 7.13. The molecule has 0 aliphatic carbocycles. The fraction of sp³-hybridized carbons (Fsp3) is 0.615. The SMILES string of the molecule is CCNCC1CCN(c2n[nH]c(-c3cscn3)n2)CC1. The Morgan fingerprint density at radius 1 is 1.45 bits per heavy atom. The summed E-state index contributed by atoms with van der Waals surface area (Å²) in [6.45, 7) is 6.40. The first-order chi connectivity index (χ1) is 9.86. The maximum Gasteiger partial charge on any atom is 0.245 e. The van der Waals surface area contributed by atoms with Crippen LogP contribution in [0.15, 0.2) is 10.9 Å². The molecule has 0 bridgehead atoms. The highest BCUT2D eigenvalue weighted by Gasteiger charge is 2.21. The van der Waals surface area contributed by atoms with E-state index in [0.717, 1.165) is 49.6 Å². The fourth-order valence-electron chi connectivity index (χ4n) is 2.52. The lowest BCUT2D eigenvalue weighted by atomic mass is 9.97. The molecule has 0 amide bonds. The second-order valence-electron chi connectivity index (χ2n) is 5.10. The van der Waals surface area contributed by atoms with Gasteiger partial charge >= 0.3 is 0 Å². The van der Waals surface area contributed by atoms with Crippen LogP contribution in [0.5, 0.6) is 0 Å². The number of piperidine rings is 1. The molecule has 2 aromatic rings. The molecule has 3 rings (SSSR count). The molecule has 2 N–H and O–H groups in total. The number of aromatic amines is 1. The van der Waals surface area contributed by atoms with Crippen molar-refractivity contribution in [3.8, 4) is 11.5 Å². The first kappa shape index (κ1) is 13.5. The molecule has 0 atom stereocenters. The van der Waals surface area contributed by atoms with Gasteiger partial charge in [-0.2, -0.15) is 4.98 Å². The minimum atomic E-state index is 0.760. The monoisotopic (exact) mass is 292 g/mol. The Bertz CT molecular complexity index is 515. The van der Waals surface area contributed by atoms with Crippen molar-refractivity contribution in [3.63, 3.8) is 0 Å². The number of H-pyrrole nitrogens is 1. The van der Waals surface area contributed by atoms with Crippen LogP contribution in [-0.2, 0) is 0 Å². The van der Waals surface area contributed by atoms with E-state index in [4.69, 9.17) is 0 Å². The number of rotatable bonds is 5. The minimum Gasteiger partial charge on any atom is -0.340 e. The van der Waals surface area contributed by atoms with Crippen molar-refractivity contribution in [1.29, 1.82) is 0 Å². The minimum absolute atomic E-state index is 0.760. The van der Waals surface area contributed by atoms with Crippen LogP contribution in [0.25, 0.3) is 11.5 Å². The Hall–Kier alpha value is -1.47. The van der Waals surface area contributed by atoms with Gasteiger partial charge in [0.1, 0.15) is 5.69 Å². The van der Waals surface area contributed by atoms with Crippen molar-refractivity contribution in [3.05, 3.63) is 10.9 Å². The largest absolute Gasteiger partial charge is 0.340 e. The average molecular weight is 292 g/mol. The molecule has 1 aliphatic heterocycles. The van der Waals surface area contributed by atoms with E-state index in [0.29, 0.717) is 0 Å². The number of nitrogens with zero attached hydrogens (tertiary/aromatic N) is 4. The summed E-state index contributed by atoms with van der Waals surface area (Å²) < 4.78 is 0. The Labute approximate surface area is 122 Å². The summed E-state index contributed by atoms with van der Waals surface area (Å²) in [6.07, 6.45) is 2.40. The molecule has 1 fully saturated rings. The van der Waals surface area contributed by atoms with Crippen molar-refractivity contribution in [2.24, 2.45) is 5.92 Å². The molecule has 1 aliphatic rings. The summed E-state index contributed by atoms with van der Waals surface area (Å²) in [5.74, 6) is 2.34. The topological polar surface area (TPSA) is 69.7 Å². The molecule has 1 saturated heterocycles. The van der Waals surface area contributed by atoms with Crippen LogP contribution >= 0.6 is 11.3 Å².